The molecule has 3 aromatic carbocycles. The topological polar surface area (TPSA) is 68.0 Å². The number of hydrogen-bond donors (Lipinski definition) is 1. The first-order valence-electron chi connectivity index (χ1n) is 9.03. The third-order valence-corrected chi connectivity index (χ3v) is 4.49. The minimum absolute atomic E-state index is 0.124. The second-order valence-electron chi connectivity index (χ2n) is 6.47. The van der Waals surface area contributed by atoms with Crippen LogP contribution in [0.2, 0.25) is 0 Å². The van der Waals surface area contributed by atoms with Gasteiger partial charge in [-0.25, -0.2) is 0 Å². The Kier molecular flexibility index (Phi) is 4.97. The highest BCUT2D eigenvalue weighted by Crippen LogP contribution is 2.26. The summed E-state index contributed by atoms with van der Waals surface area (Å²) >= 11 is 0. The lowest BCUT2D eigenvalue weighted by molar-refractivity contribution is 0.0951. The van der Waals surface area contributed by atoms with Gasteiger partial charge in [0.1, 0.15) is 0 Å². The van der Waals surface area contributed by atoms with Gasteiger partial charge in [-0.3, -0.25) is 4.79 Å². The molecular formula is C23H19N3O2. The molecule has 0 saturated heterocycles. The number of benzene rings is 3. The van der Waals surface area contributed by atoms with Crippen molar-refractivity contribution in [3.05, 3.63) is 95.6 Å². The molecule has 1 N–H and O–H groups in total. The number of amides is 1. The number of aromatic nitrogens is 2. The molecule has 4 aromatic rings. The first kappa shape index (κ1) is 17.7. The Morgan fingerprint density at radius 3 is 2.29 bits per heavy atom. The monoisotopic (exact) mass is 369 g/mol. The van der Waals surface area contributed by atoms with E-state index >= 15 is 0 Å². The Hall–Kier alpha value is -3.73. The van der Waals surface area contributed by atoms with Crippen molar-refractivity contribution in [2.75, 3.05) is 0 Å². The Labute approximate surface area is 163 Å². The quantitative estimate of drug-likeness (QED) is 0.556. The van der Waals surface area contributed by atoms with E-state index in [1.165, 1.54) is 0 Å². The molecule has 1 amide bonds. The largest absolute Gasteiger partial charge is 0.416 e. The maximum absolute atomic E-state index is 12.3. The van der Waals surface area contributed by atoms with Crippen molar-refractivity contribution in [1.29, 1.82) is 0 Å². The third kappa shape index (κ3) is 3.83. The molecule has 5 heteroatoms. The molecule has 28 heavy (non-hydrogen) atoms. The van der Waals surface area contributed by atoms with Gasteiger partial charge in [0.15, 0.2) is 0 Å². The highest BCUT2D eigenvalue weighted by Gasteiger charge is 2.13. The highest BCUT2D eigenvalue weighted by atomic mass is 16.4. The van der Waals surface area contributed by atoms with Crippen LogP contribution in [0.1, 0.15) is 21.5 Å². The Morgan fingerprint density at radius 2 is 1.54 bits per heavy atom. The molecule has 0 aliphatic rings. The average molecular weight is 369 g/mol. The number of rotatable bonds is 5. The fourth-order valence-electron chi connectivity index (χ4n) is 2.91. The molecule has 0 radical (unpaired) electrons. The van der Waals surface area contributed by atoms with Gasteiger partial charge in [0.05, 0.1) is 0 Å². The zero-order valence-corrected chi connectivity index (χ0v) is 15.4. The van der Waals surface area contributed by atoms with Gasteiger partial charge in [-0.2, -0.15) is 0 Å². The van der Waals surface area contributed by atoms with Gasteiger partial charge in [0, 0.05) is 23.2 Å². The van der Waals surface area contributed by atoms with E-state index < -0.39 is 0 Å². The van der Waals surface area contributed by atoms with Crippen molar-refractivity contribution in [2.24, 2.45) is 0 Å². The molecule has 0 bridgehead atoms. The number of nitrogens with zero attached hydrogens (tertiary/aromatic N) is 2. The van der Waals surface area contributed by atoms with Crippen LogP contribution in [0.5, 0.6) is 0 Å². The Morgan fingerprint density at radius 1 is 0.857 bits per heavy atom. The van der Waals surface area contributed by atoms with Crippen molar-refractivity contribution >= 4 is 5.91 Å². The molecule has 138 valence electrons. The Balaban J connectivity index is 1.46. The molecule has 0 aliphatic heterocycles. The van der Waals surface area contributed by atoms with Crippen LogP contribution in [0.3, 0.4) is 0 Å². The number of carbonyl (C=O) groups excluding carboxylic acids is 1. The van der Waals surface area contributed by atoms with Crippen LogP contribution in [0, 0.1) is 6.92 Å². The van der Waals surface area contributed by atoms with Crippen LogP contribution in [0.4, 0.5) is 0 Å². The molecule has 0 saturated carbocycles. The summed E-state index contributed by atoms with van der Waals surface area (Å²) in [6, 6.07) is 24.8. The van der Waals surface area contributed by atoms with Gasteiger partial charge in [0.2, 0.25) is 11.8 Å². The molecule has 5 nitrogen and oxygen atoms in total. The minimum atomic E-state index is -0.124. The first-order chi connectivity index (χ1) is 13.7. The lowest BCUT2D eigenvalue weighted by Gasteiger charge is -2.05. The smallest absolute Gasteiger partial charge is 0.251 e. The van der Waals surface area contributed by atoms with Gasteiger partial charge in [-0.1, -0.05) is 48.5 Å². The van der Waals surface area contributed by atoms with Gasteiger partial charge >= 0.3 is 0 Å². The van der Waals surface area contributed by atoms with Crippen molar-refractivity contribution in [3.63, 3.8) is 0 Å². The molecule has 0 fully saturated rings. The van der Waals surface area contributed by atoms with Gasteiger partial charge in [-0.15, -0.1) is 10.2 Å². The normalized spacial score (nSPS) is 10.6. The molecule has 1 aromatic heterocycles. The van der Waals surface area contributed by atoms with E-state index in [9.17, 15) is 4.79 Å². The third-order valence-electron chi connectivity index (χ3n) is 4.49. The lowest BCUT2D eigenvalue weighted by Crippen LogP contribution is -2.22. The maximum Gasteiger partial charge on any atom is 0.251 e. The van der Waals surface area contributed by atoms with Crippen LogP contribution in [-0.2, 0) is 6.54 Å². The van der Waals surface area contributed by atoms with E-state index in [1.54, 1.807) is 12.1 Å². The van der Waals surface area contributed by atoms with E-state index in [2.05, 4.69) is 15.5 Å². The fourth-order valence-corrected chi connectivity index (χ4v) is 2.91. The van der Waals surface area contributed by atoms with E-state index in [0.717, 1.165) is 22.3 Å². The van der Waals surface area contributed by atoms with Gasteiger partial charge in [-0.05, 0) is 48.4 Å². The zero-order valence-electron chi connectivity index (χ0n) is 15.4. The summed E-state index contributed by atoms with van der Waals surface area (Å²) in [5.41, 5.74) is 4.40. The summed E-state index contributed by atoms with van der Waals surface area (Å²) in [7, 11) is 0. The summed E-state index contributed by atoms with van der Waals surface area (Å²) in [6.07, 6.45) is 0. The van der Waals surface area contributed by atoms with E-state index in [-0.39, 0.29) is 5.91 Å². The van der Waals surface area contributed by atoms with Crippen LogP contribution in [0.15, 0.2) is 83.3 Å². The summed E-state index contributed by atoms with van der Waals surface area (Å²) in [5.74, 6) is 0.786. The molecule has 0 atom stereocenters. The highest BCUT2D eigenvalue weighted by molar-refractivity contribution is 5.94. The van der Waals surface area contributed by atoms with Crippen LogP contribution < -0.4 is 5.32 Å². The SMILES string of the molecule is Cc1ccccc1-c1nnc(-c2ccc(C(=O)NCc3ccccc3)cc2)o1. The summed E-state index contributed by atoms with van der Waals surface area (Å²) in [4.78, 5) is 12.3. The molecule has 0 spiro atoms. The number of carbonyl (C=O) groups is 1. The molecule has 0 aliphatic carbocycles. The second-order valence-corrected chi connectivity index (χ2v) is 6.47. The van der Waals surface area contributed by atoms with E-state index in [4.69, 9.17) is 4.42 Å². The van der Waals surface area contributed by atoms with Crippen molar-refractivity contribution < 1.29 is 9.21 Å². The second kappa shape index (κ2) is 7.88. The van der Waals surface area contributed by atoms with Crippen molar-refractivity contribution in [2.45, 2.75) is 13.5 Å². The maximum atomic E-state index is 12.3. The summed E-state index contributed by atoms with van der Waals surface area (Å²) in [6.45, 7) is 2.49. The molecular weight excluding hydrogens is 350 g/mol. The van der Waals surface area contributed by atoms with Gasteiger partial charge in [0.25, 0.3) is 5.91 Å². The minimum Gasteiger partial charge on any atom is -0.416 e. The predicted octanol–water partition coefficient (Wildman–Crippen LogP) is 4.64. The lowest BCUT2D eigenvalue weighted by atomic mass is 10.1. The number of hydrogen-bond acceptors (Lipinski definition) is 4. The molecule has 1 heterocycles. The van der Waals surface area contributed by atoms with Crippen LogP contribution >= 0.6 is 0 Å². The molecule has 0 unspecified atom stereocenters. The summed E-state index contributed by atoms with van der Waals surface area (Å²) < 4.78 is 5.82. The van der Waals surface area contributed by atoms with Crippen molar-refractivity contribution in [1.82, 2.24) is 15.5 Å². The zero-order chi connectivity index (χ0) is 19.3. The predicted molar refractivity (Wildman–Crippen MR) is 108 cm³/mol. The van der Waals surface area contributed by atoms with E-state index in [1.807, 2.05) is 73.7 Å². The van der Waals surface area contributed by atoms with Gasteiger partial charge < -0.3 is 9.73 Å². The fraction of sp³-hybridized carbons (Fsp3) is 0.0870. The molecule has 4 rings (SSSR count). The average Bonchev–Trinajstić information content (AvgIpc) is 3.23. The number of aryl methyl sites for hydroxylation is 1. The van der Waals surface area contributed by atoms with Crippen molar-refractivity contribution in [3.8, 4) is 22.9 Å². The van der Waals surface area contributed by atoms with Crippen LogP contribution in [0.25, 0.3) is 22.9 Å². The number of nitrogens with one attached hydrogen (secondary N) is 1. The van der Waals surface area contributed by atoms with Crippen LogP contribution in [-0.4, -0.2) is 16.1 Å². The summed E-state index contributed by atoms with van der Waals surface area (Å²) in [5, 5.41) is 11.2. The standard InChI is InChI=1S/C23H19N3O2/c1-16-7-5-6-10-20(16)23-26-25-22(28-23)19-13-11-18(12-14-19)21(27)24-15-17-8-3-2-4-9-17/h2-14H,15H2,1H3,(H,24,27). The van der Waals surface area contributed by atoms with E-state index in [0.29, 0.717) is 23.9 Å². The Bertz CT molecular complexity index is 1090. The first-order valence-corrected chi connectivity index (χ1v) is 9.03.